The highest BCUT2D eigenvalue weighted by atomic mass is 16.5. The third-order valence-electron chi connectivity index (χ3n) is 3.62. The maximum Gasteiger partial charge on any atom is 0.305 e. The van der Waals surface area contributed by atoms with E-state index in [-0.39, 0.29) is 18.4 Å². The second-order valence-corrected chi connectivity index (χ2v) is 5.27. The molecule has 0 aromatic heterocycles. The second kappa shape index (κ2) is 7.11. The van der Waals surface area contributed by atoms with E-state index in [1.807, 2.05) is 6.92 Å². The minimum absolute atomic E-state index is 0.0173. The van der Waals surface area contributed by atoms with Crippen LogP contribution in [0.25, 0.3) is 0 Å². The van der Waals surface area contributed by atoms with E-state index in [1.165, 1.54) is 0 Å². The van der Waals surface area contributed by atoms with Crippen molar-refractivity contribution in [2.75, 3.05) is 13.2 Å². The largest absolute Gasteiger partial charge is 0.494 e. The molecule has 21 heavy (non-hydrogen) atoms. The molecular weight excluding hydrogens is 270 g/mol. The molecule has 1 N–H and O–H groups in total. The summed E-state index contributed by atoms with van der Waals surface area (Å²) >= 11 is 0. The molecule has 0 saturated carbocycles. The average Bonchev–Trinajstić information content (AvgIpc) is 2.92. The van der Waals surface area contributed by atoms with E-state index < -0.39 is 5.97 Å². The van der Waals surface area contributed by atoms with Gasteiger partial charge in [-0.05, 0) is 43.5 Å². The molecule has 114 valence electrons. The smallest absolute Gasteiger partial charge is 0.305 e. The summed E-state index contributed by atoms with van der Waals surface area (Å²) in [6.07, 6.45) is 2.58. The topological polar surface area (TPSA) is 66.8 Å². The molecule has 0 spiro atoms. The number of carbonyl (C=O) groups is 2. The van der Waals surface area contributed by atoms with E-state index >= 15 is 0 Å². The zero-order valence-electron chi connectivity index (χ0n) is 12.2. The van der Waals surface area contributed by atoms with Crippen LogP contribution in [0, 0.1) is 0 Å². The van der Waals surface area contributed by atoms with Crippen molar-refractivity contribution in [3.63, 3.8) is 0 Å². The Kier molecular flexibility index (Phi) is 5.20. The summed E-state index contributed by atoms with van der Waals surface area (Å²) in [6, 6.07) is 6.86. The van der Waals surface area contributed by atoms with Gasteiger partial charge in [0.15, 0.2) is 0 Å². The molecule has 5 nitrogen and oxygen atoms in total. The van der Waals surface area contributed by atoms with Gasteiger partial charge in [0, 0.05) is 18.2 Å². The van der Waals surface area contributed by atoms with Crippen LogP contribution in [0.3, 0.4) is 0 Å². The maximum atomic E-state index is 12.5. The maximum absolute atomic E-state index is 12.5. The van der Waals surface area contributed by atoms with E-state index in [0.717, 1.165) is 25.0 Å². The molecule has 1 fully saturated rings. The number of benzene rings is 1. The van der Waals surface area contributed by atoms with Gasteiger partial charge in [-0.15, -0.1) is 0 Å². The van der Waals surface area contributed by atoms with Gasteiger partial charge in [-0.1, -0.05) is 6.92 Å². The SMILES string of the molecule is CCCOc1ccc(C(=O)N2CCCC2CC(=O)O)cc1. The lowest BCUT2D eigenvalue weighted by Crippen LogP contribution is -2.36. The summed E-state index contributed by atoms with van der Waals surface area (Å²) in [5.74, 6) is -0.208. The quantitative estimate of drug-likeness (QED) is 0.874. The third-order valence-corrected chi connectivity index (χ3v) is 3.62. The van der Waals surface area contributed by atoms with Crippen molar-refractivity contribution >= 4 is 11.9 Å². The Hall–Kier alpha value is -2.04. The number of nitrogens with zero attached hydrogens (tertiary/aromatic N) is 1. The predicted molar refractivity (Wildman–Crippen MR) is 78.5 cm³/mol. The van der Waals surface area contributed by atoms with E-state index in [9.17, 15) is 9.59 Å². The summed E-state index contributed by atoms with van der Waals surface area (Å²) in [5, 5.41) is 8.91. The molecule has 1 aliphatic heterocycles. The van der Waals surface area contributed by atoms with Crippen molar-refractivity contribution in [3.05, 3.63) is 29.8 Å². The Morgan fingerprint density at radius 1 is 1.33 bits per heavy atom. The number of aliphatic carboxylic acids is 1. The van der Waals surface area contributed by atoms with Crippen LogP contribution in [0.1, 0.15) is 43.0 Å². The summed E-state index contributed by atoms with van der Waals surface area (Å²) in [6.45, 7) is 3.32. The first-order valence-electron chi connectivity index (χ1n) is 7.37. The molecule has 0 bridgehead atoms. The average molecular weight is 291 g/mol. The summed E-state index contributed by atoms with van der Waals surface area (Å²) in [4.78, 5) is 25.0. The first kappa shape index (κ1) is 15.4. The number of likely N-dealkylation sites (tertiary alicyclic amines) is 1. The van der Waals surface area contributed by atoms with Crippen molar-refractivity contribution in [2.24, 2.45) is 0 Å². The number of rotatable bonds is 6. The van der Waals surface area contributed by atoms with E-state index in [1.54, 1.807) is 29.2 Å². The van der Waals surface area contributed by atoms with Crippen LogP contribution in [0.5, 0.6) is 5.75 Å². The van der Waals surface area contributed by atoms with Crippen molar-refractivity contribution < 1.29 is 19.4 Å². The Morgan fingerprint density at radius 3 is 2.67 bits per heavy atom. The van der Waals surface area contributed by atoms with E-state index in [4.69, 9.17) is 9.84 Å². The van der Waals surface area contributed by atoms with Crippen molar-refractivity contribution in [1.29, 1.82) is 0 Å². The fourth-order valence-electron chi connectivity index (χ4n) is 2.60. The minimum Gasteiger partial charge on any atom is -0.494 e. The number of carboxylic acid groups (broad SMARTS) is 1. The zero-order chi connectivity index (χ0) is 15.2. The summed E-state index contributed by atoms with van der Waals surface area (Å²) in [7, 11) is 0. The van der Waals surface area contributed by atoms with Crippen LogP contribution in [0.4, 0.5) is 0 Å². The number of ether oxygens (including phenoxy) is 1. The van der Waals surface area contributed by atoms with Crippen LogP contribution in [0.2, 0.25) is 0 Å². The van der Waals surface area contributed by atoms with Gasteiger partial charge >= 0.3 is 5.97 Å². The molecule has 1 atom stereocenters. The van der Waals surface area contributed by atoms with Gasteiger partial charge in [0.25, 0.3) is 5.91 Å². The van der Waals surface area contributed by atoms with Gasteiger partial charge in [-0.25, -0.2) is 0 Å². The fourth-order valence-corrected chi connectivity index (χ4v) is 2.60. The van der Waals surface area contributed by atoms with Crippen LogP contribution in [-0.2, 0) is 4.79 Å². The fraction of sp³-hybridized carbons (Fsp3) is 0.500. The molecular formula is C16H21NO4. The molecule has 1 saturated heterocycles. The molecule has 5 heteroatoms. The molecule has 1 aromatic carbocycles. The predicted octanol–water partition coefficient (Wildman–Crippen LogP) is 2.55. The standard InChI is InChI=1S/C16H21NO4/c1-2-10-21-14-7-5-12(6-8-14)16(20)17-9-3-4-13(17)11-15(18)19/h5-8,13H,2-4,9-11H2,1H3,(H,18,19). The minimum atomic E-state index is -0.858. The second-order valence-electron chi connectivity index (χ2n) is 5.27. The molecule has 1 unspecified atom stereocenters. The molecule has 1 aromatic rings. The highest BCUT2D eigenvalue weighted by Gasteiger charge is 2.30. The highest BCUT2D eigenvalue weighted by Crippen LogP contribution is 2.23. The van der Waals surface area contributed by atoms with Crippen molar-refractivity contribution in [2.45, 2.75) is 38.6 Å². The van der Waals surface area contributed by atoms with Crippen molar-refractivity contribution in [1.82, 2.24) is 4.90 Å². The third kappa shape index (κ3) is 3.97. The Bertz CT molecular complexity index is 498. The monoisotopic (exact) mass is 291 g/mol. The van der Waals surface area contributed by atoms with E-state index in [2.05, 4.69) is 0 Å². The lowest BCUT2D eigenvalue weighted by Gasteiger charge is -2.23. The van der Waals surface area contributed by atoms with Gasteiger partial charge in [0.2, 0.25) is 0 Å². The summed E-state index contributed by atoms with van der Waals surface area (Å²) in [5.41, 5.74) is 0.580. The van der Waals surface area contributed by atoms with Crippen LogP contribution in [-0.4, -0.2) is 41.1 Å². The Balaban J connectivity index is 2.03. The Morgan fingerprint density at radius 2 is 2.05 bits per heavy atom. The number of amides is 1. The number of hydrogen-bond acceptors (Lipinski definition) is 3. The van der Waals surface area contributed by atoms with Gasteiger partial charge < -0.3 is 14.7 Å². The first-order chi connectivity index (χ1) is 10.1. The Labute approximate surface area is 124 Å². The molecule has 1 heterocycles. The number of carbonyl (C=O) groups excluding carboxylic acids is 1. The van der Waals surface area contributed by atoms with Gasteiger partial charge in [-0.2, -0.15) is 0 Å². The normalized spacial score (nSPS) is 17.8. The lowest BCUT2D eigenvalue weighted by molar-refractivity contribution is -0.137. The molecule has 1 amide bonds. The van der Waals surface area contributed by atoms with E-state index in [0.29, 0.717) is 18.7 Å². The molecule has 0 radical (unpaired) electrons. The number of hydrogen-bond donors (Lipinski definition) is 1. The molecule has 0 aliphatic carbocycles. The molecule has 1 aliphatic rings. The van der Waals surface area contributed by atoms with Gasteiger partial charge in [0.05, 0.1) is 13.0 Å². The van der Waals surface area contributed by atoms with Gasteiger partial charge in [-0.3, -0.25) is 9.59 Å². The molecule has 2 rings (SSSR count). The van der Waals surface area contributed by atoms with Crippen molar-refractivity contribution in [3.8, 4) is 5.75 Å². The lowest BCUT2D eigenvalue weighted by atomic mass is 10.1. The number of carboxylic acids is 1. The van der Waals surface area contributed by atoms with Gasteiger partial charge in [0.1, 0.15) is 5.75 Å². The summed E-state index contributed by atoms with van der Waals surface area (Å²) < 4.78 is 5.49. The highest BCUT2D eigenvalue weighted by molar-refractivity contribution is 5.95. The zero-order valence-corrected chi connectivity index (χ0v) is 12.2. The van der Waals surface area contributed by atoms with Crippen LogP contribution in [0.15, 0.2) is 24.3 Å². The first-order valence-corrected chi connectivity index (χ1v) is 7.37. The van der Waals surface area contributed by atoms with Crippen LogP contribution < -0.4 is 4.74 Å². The van der Waals surface area contributed by atoms with Crippen LogP contribution >= 0.6 is 0 Å².